The number of thioether (sulfide) groups is 1. The number of hydrogen-bond acceptors (Lipinski definition) is 4. The molecule has 0 aliphatic carbocycles. The summed E-state index contributed by atoms with van der Waals surface area (Å²) in [7, 11) is 0. The van der Waals surface area contributed by atoms with Gasteiger partial charge in [-0.2, -0.15) is 0 Å². The topological polar surface area (TPSA) is 24.9 Å². The largest absolute Gasteiger partial charge is 0.309 e. The monoisotopic (exact) mass is 326 g/mol. The van der Waals surface area contributed by atoms with Crippen molar-refractivity contribution >= 4 is 34.7 Å². The van der Waals surface area contributed by atoms with E-state index in [1.54, 1.807) is 23.1 Å². The van der Waals surface area contributed by atoms with Crippen LogP contribution in [0, 0.1) is 0 Å². The molecule has 0 saturated heterocycles. The number of thiazole rings is 1. The molecule has 108 valence electrons. The standard InChI is InChI=1S/C15H19ClN2S2/c1-3-8-17-11(2)14-9-20-15(18-14)10-19-13-6-4-12(16)5-7-13/h4-7,9,11,17H,3,8,10H2,1-2H3. The van der Waals surface area contributed by atoms with Crippen molar-refractivity contribution in [2.75, 3.05) is 6.54 Å². The molecule has 20 heavy (non-hydrogen) atoms. The van der Waals surface area contributed by atoms with Crippen LogP contribution in [0.1, 0.15) is 37.0 Å². The summed E-state index contributed by atoms with van der Waals surface area (Å²) in [5.74, 6) is 0.910. The van der Waals surface area contributed by atoms with Crippen molar-refractivity contribution in [2.45, 2.75) is 37.0 Å². The summed E-state index contributed by atoms with van der Waals surface area (Å²) in [4.78, 5) is 5.93. The molecule has 1 aromatic carbocycles. The molecule has 0 saturated carbocycles. The Labute approximate surface area is 134 Å². The predicted molar refractivity (Wildman–Crippen MR) is 89.8 cm³/mol. The van der Waals surface area contributed by atoms with Crippen LogP contribution in [0.2, 0.25) is 5.02 Å². The minimum Gasteiger partial charge on any atom is -0.309 e. The van der Waals surface area contributed by atoms with Crippen LogP contribution in [0.5, 0.6) is 0 Å². The van der Waals surface area contributed by atoms with Gasteiger partial charge in [0.15, 0.2) is 0 Å². The van der Waals surface area contributed by atoms with E-state index in [-0.39, 0.29) is 0 Å². The Bertz CT molecular complexity index is 525. The van der Waals surface area contributed by atoms with Crippen LogP contribution in [-0.4, -0.2) is 11.5 Å². The van der Waals surface area contributed by atoms with Crippen LogP contribution in [0.15, 0.2) is 34.5 Å². The number of aromatic nitrogens is 1. The van der Waals surface area contributed by atoms with Crippen molar-refractivity contribution in [3.05, 3.63) is 45.4 Å². The van der Waals surface area contributed by atoms with Gasteiger partial charge >= 0.3 is 0 Å². The highest BCUT2D eigenvalue weighted by Gasteiger charge is 2.09. The average molecular weight is 327 g/mol. The van der Waals surface area contributed by atoms with Crippen molar-refractivity contribution in [3.8, 4) is 0 Å². The Morgan fingerprint density at radius 3 is 2.80 bits per heavy atom. The van der Waals surface area contributed by atoms with Gasteiger partial charge in [-0.05, 0) is 44.2 Å². The fraction of sp³-hybridized carbons (Fsp3) is 0.400. The second kappa shape index (κ2) is 8.03. The number of nitrogens with one attached hydrogen (secondary N) is 1. The number of rotatable bonds is 7. The summed E-state index contributed by atoms with van der Waals surface area (Å²) >= 11 is 9.41. The molecule has 0 fully saturated rings. The Hall–Kier alpha value is -0.550. The lowest BCUT2D eigenvalue weighted by Crippen LogP contribution is -2.19. The van der Waals surface area contributed by atoms with Crippen molar-refractivity contribution in [2.24, 2.45) is 0 Å². The third kappa shape index (κ3) is 4.77. The molecule has 2 nitrogen and oxygen atoms in total. The number of hydrogen-bond donors (Lipinski definition) is 1. The third-order valence-electron chi connectivity index (χ3n) is 2.89. The van der Waals surface area contributed by atoms with Gasteiger partial charge in [-0.25, -0.2) is 4.98 Å². The van der Waals surface area contributed by atoms with Crippen LogP contribution in [0.3, 0.4) is 0 Å². The number of nitrogens with zero attached hydrogens (tertiary/aromatic N) is 1. The van der Waals surface area contributed by atoms with Crippen LogP contribution in [-0.2, 0) is 5.75 Å². The van der Waals surface area contributed by atoms with E-state index in [4.69, 9.17) is 16.6 Å². The van der Waals surface area contributed by atoms with E-state index in [0.717, 1.165) is 29.4 Å². The summed E-state index contributed by atoms with van der Waals surface area (Å²) in [6.45, 7) is 5.38. The van der Waals surface area contributed by atoms with Crippen molar-refractivity contribution in [1.29, 1.82) is 0 Å². The van der Waals surface area contributed by atoms with E-state index < -0.39 is 0 Å². The average Bonchev–Trinajstić information content (AvgIpc) is 2.93. The van der Waals surface area contributed by atoms with Gasteiger partial charge in [-0.3, -0.25) is 0 Å². The van der Waals surface area contributed by atoms with E-state index in [9.17, 15) is 0 Å². The summed E-state index contributed by atoms with van der Waals surface area (Å²) in [6, 6.07) is 8.28. The quantitative estimate of drug-likeness (QED) is 0.712. The zero-order valence-electron chi connectivity index (χ0n) is 11.7. The molecule has 0 aliphatic heterocycles. The maximum atomic E-state index is 5.88. The van der Waals surface area contributed by atoms with Crippen molar-refractivity contribution in [1.82, 2.24) is 10.3 Å². The molecule has 0 spiro atoms. The minimum atomic E-state index is 0.334. The van der Waals surface area contributed by atoms with Gasteiger partial charge in [0.1, 0.15) is 5.01 Å². The predicted octanol–water partition coefficient (Wildman–Crippen LogP) is 5.15. The van der Waals surface area contributed by atoms with E-state index in [0.29, 0.717) is 6.04 Å². The van der Waals surface area contributed by atoms with E-state index in [1.165, 1.54) is 9.90 Å². The first-order valence-corrected chi connectivity index (χ1v) is 8.99. The fourth-order valence-electron chi connectivity index (χ4n) is 1.73. The molecule has 1 N–H and O–H groups in total. The molecule has 0 aliphatic rings. The smallest absolute Gasteiger partial charge is 0.103 e. The van der Waals surface area contributed by atoms with Gasteiger partial charge in [0.25, 0.3) is 0 Å². The molecule has 5 heteroatoms. The minimum absolute atomic E-state index is 0.334. The Morgan fingerprint density at radius 2 is 2.10 bits per heavy atom. The normalized spacial score (nSPS) is 12.6. The van der Waals surface area contributed by atoms with Gasteiger partial charge < -0.3 is 5.32 Å². The zero-order chi connectivity index (χ0) is 14.4. The molecule has 1 unspecified atom stereocenters. The van der Waals surface area contributed by atoms with Gasteiger partial charge in [0.05, 0.1) is 11.4 Å². The molecule has 0 radical (unpaired) electrons. The zero-order valence-corrected chi connectivity index (χ0v) is 14.1. The Kier molecular flexibility index (Phi) is 6.36. The van der Waals surface area contributed by atoms with E-state index >= 15 is 0 Å². The van der Waals surface area contributed by atoms with E-state index in [2.05, 4.69) is 24.5 Å². The van der Waals surface area contributed by atoms with Crippen molar-refractivity contribution in [3.63, 3.8) is 0 Å². The van der Waals surface area contributed by atoms with Gasteiger partial charge in [-0.15, -0.1) is 23.1 Å². The molecular weight excluding hydrogens is 308 g/mol. The summed E-state index contributed by atoms with van der Waals surface area (Å²) in [6.07, 6.45) is 1.15. The van der Waals surface area contributed by atoms with Crippen LogP contribution >= 0.6 is 34.7 Å². The first kappa shape index (κ1) is 15.8. The lowest BCUT2D eigenvalue weighted by atomic mass is 10.2. The molecule has 1 aromatic heterocycles. The summed E-state index contributed by atoms with van der Waals surface area (Å²) in [5.41, 5.74) is 1.15. The number of benzene rings is 1. The second-order valence-corrected chi connectivity index (χ2v) is 7.01. The van der Waals surface area contributed by atoms with Crippen molar-refractivity contribution < 1.29 is 0 Å². The van der Waals surface area contributed by atoms with Crippen LogP contribution < -0.4 is 5.32 Å². The number of halogens is 1. The maximum Gasteiger partial charge on any atom is 0.103 e. The van der Waals surface area contributed by atoms with Gasteiger partial charge in [0, 0.05) is 21.3 Å². The van der Waals surface area contributed by atoms with Crippen LogP contribution in [0.25, 0.3) is 0 Å². The van der Waals surface area contributed by atoms with Crippen LogP contribution in [0.4, 0.5) is 0 Å². The third-order valence-corrected chi connectivity index (χ3v) is 5.21. The Morgan fingerprint density at radius 1 is 1.35 bits per heavy atom. The molecule has 1 atom stereocenters. The summed E-state index contributed by atoms with van der Waals surface area (Å²) < 4.78 is 0. The lowest BCUT2D eigenvalue weighted by Gasteiger charge is -2.09. The molecule has 1 heterocycles. The molecular formula is C15H19ClN2S2. The molecule has 0 amide bonds. The first-order chi connectivity index (χ1) is 9.69. The second-order valence-electron chi connectivity index (χ2n) is 4.58. The first-order valence-electron chi connectivity index (χ1n) is 6.75. The van der Waals surface area contributed by atoms with Gasteiger partial charge in [-0.1, -0.05) is 18.5 Å². The molecule has 0 bridgehead atoms. The highest BCUT2D eigenvalue weighted by Crippen LogP contribution is 2.26. The SMILES string of the molecule is CCCNC(C)c1csc(CSc2ccc(Cl)cc2)n1. The maximum absolute atomic E-state index is 5.88. The highest BCUT2D eigenvalue weighted by atomic mass is 35.5. The molecule has 2 aromatic rings. The molecule has 2 rings (SSSR count). The van der Waals surface area contributed by atoms with Gasteiger partial charge in [0.2, 0.25) is 0 Å². The van der Waals surface area contributed by atoms with E-state index in [1.807, 2.05) is 24.3 Å². The Balaban J connectivity index is 1.87. The highest BCUT2D eigenvalue weighted by molar-refractivity contribution is 7.98. The summed E-state index contributed by atoms with van der Waals surface area (Å²) in [5, 5.41) is 7.57. The lowest BCUT2D eigenvalue weighted by molar-refractivity contribution is 0.560. The fourth-order valence-corrected chi connectivity index (χ4v) is 3.66.